The number of oxime groups is 1. The summed E-state index contributed by atoms with van der Waals surface area (Å²) >= 11 is 0. The Morgan fingerprint density at radius 1 is 1.02 bits per heavy atom. The summed E-state index contributed by atoms with van der Waals surface area (Å²) < 4.78 is 46.8. The molecular formula is C47H58FN3O12. The van der Waals surface area contributed by atoms with E-state index in [4.69, 9.17) is 28.5 Å². The number of aliphatic hydroxyl groups excluding tert-OH is 3. The zero-order valence-corrected chi connectivity index (χ0v) is 35.6. The molecule has 0 saturated heterocycles. The second-order valence-corrected chi connectivity index (χ2v) is 15.7. The molecule has 15 nitrogen and oxygen atoms in total. The average molecular weight is 876 g/mol. The summed E-state index contributed by atoms with van der Waals surface area (Å²) in [6.45, 7) is 5.85. The van der Waals surface area contributed by atoms with Crippen molar-refractivity contribution in [1.29, 1.82) is 0 Å². The van der Waals surface area contributed by atoms with E-state index in [1.54, 1.807) is 36.4 Å². The van der Waals surface area contributed by atoms with Crippen LogP contribution >= 0.6 is 0 Å². The van der Waals surface area contributed by atoms with E-state index in [0.29, 0.717) is 48.5 Å². The summed E-state index contributed by atoms with van der Waals surface area (Å²) in [4.78, 5) is 32.8. The molecule has 16 heteroatoms. The first-order valence-corrected chi connectivity index (χ1v) is 21.7. The van der Waals surface area contributed by atoms with Gasteiger partial charge in [-0.3, -0.25) is 15.0 Å². The first kappa shape index (κ1) is 47.1. The van der Waals surface area contributed by atoms with E-state index in [0.717, 1.165) is 24.0 Å². The second-order valence-electron chi connectivity index (χ2n) is 15.7. The largest absolute Gasteiger partial charge is 0.489 e. The Balaban J connectivity index is 1.54. The normalized spacial score (nSPS) is 22.8. The summed E-state index contributed by atoms with van der Waals surface area (Å²) in [6, 6.07) is 16.1. The van der Waals surface area contributed by atoms with Crippen LogP contribution in [0.15, 0.2) is 96.2 Å². The number of benzene rings is 3. The molecule has 1 heterocycles. The molecule has 0 aromatic heterocycles. The van der Waals surface area contributed by atoms with E-state index in [1.807, 2.05) is 13.0 Å². The highest BCUT2D eigenvalue weighted by molar-refractivity contribution is 6.03. The number of carbonyl (C=O) groups excluding carboxylic acids is 1. The van der Waals surface area contributed by atoms with Crippen LogP contribution in [0, 0.1) is 33.7 Å². The van der Waals surface area contributed by atoms with Crippen molar-refractivity contribution in [2.24, 2.45) is 22.9 Å². The van der Waals surface area contributed by atoms with Gasteiger partial charge in [0.1, 0.15) is 42.3 Å². The van der Waals surface area contributed by atoms with Crippen molar-refractivity contribution in [3.63, 3.8) is 0 Å². The number of fused-ring (bicyclic) bond motifs is 2. The molecule has 0 spiro atoms. The topological polar surface area (TPSA) is 192 Å². The van der Waals surface area contributed by atoms with Gasteiger partial charge in [0.05, 0.1) is 43.0 Å². The molecule has 0 radical (unpaired) electrons. The highest BCUT2D eigenvalue weighted by atomic mass is 19.1. The molecule has 0 bridgehead atoms. The third-order valence-electron chi connectivity index (χ3n) is 11.9. The molecule has 340 valence electrons. The SMILES string of the molecule is C=CCOC12Oc3ccc(OCc4ccccc4F)cc3C3C(CCCCO)C(CCCCO)C=C(C(=NOCC)CC1N(CCOCCO)C(=O)Oc1ccc([N+](=O)[O-])cc1)C32. The number of nitrogens with zero attached hydrogens (tertiary/aromatic N) is 3. The molecule has 6 atom stereocenters. The first-order chi connectivity index (χ1) is 30.7. The fourth-order valence-corrected chi connectivity index (χ4v) is 9.16. The number of unbranched alkanes of at least 4 members (excludes halogenated alkanes) is 2. The smallest absolute Gasteiger partial charge is 0.415 e. The van der Waals surface area contributed by atoms with Crippen LogP contribution in [0.2, 0.25) is 0 Å². The van der Waals surface area contributed by atoms with Gasteiger partial charge in [-0.15, -0.1) is 6.58 Å². The van der Waals surface area contributed by atoms with Crippen molar-refractivity contribution in [2.45, 2.75) is 76.2 Å². The number of non-ortho nitro benzene ring substituents is 1. The van der Waals surface area contributed by atoms with Crippen LogP contribution in [0.3, 0.4) is 0 Å². The number of halogens is 1. The number of allylic oxidation sites excluding steroid dienone is 1. The standard InChI is InChI=1S/C47H58FN3O12/c1-3-25-60-47-43(50(21-26-58-27-24-54)46(55)62-35-17-15-34(16-18-35)51(56)57)30-41(49-61-4-2)38-28-32(11-7-9-22-52)37(13-8-10-23-53)44(45(38)47)39-29-36(19-20-42(39)63-47)59-31-33-12-5-6-14-40(33)48/h3,5-6,12,14-20,28-29,32,37,43-45,52-54H,1,4,7-11,13,21-27,30-31H2,2H3. The lowest BCUT2D eigenvalue weighted by Gasteiger charge is -2.59. The van der Waals surface area contributed by atoms with Crippen LogP contribution in [0.4, 0.5) is 14.9 Å². The Labute approximate surface area is 366 Å². The van der Waals surface area contributed by atoms with E-state index in [2.05, 4.69) is 17.8 Å². The molecule has 6 rings (SSSR count). The molecule has 1 amide bonds. The fraction of sp³-hybridized carbons (Fsp3) is 0.489. The van der Waals surface area contributed by atoms with E-state index in [-0.39, 0.29) is 101 Å². The average Bonchev–Trinajstić information content (AvgIpc) is 3.29. The Bertz CT molecular complexity index is 2060. The van der Waals surface area contributed by atoms with Crippen molar-refractivity contribution in [3.05, 3.63) is 118 Å². The van der Waals surface area contributed by atoms with Gasteiger partial charge in [0.2, 0.25) is 5.79 Å². The number of ether oxygens (including phenoxy) is 5. The third kappa shape index (κ3) is 11.0. The number of carbonyl (C=O) groups is 1. The van der Waals surface area contributed by atoms with Gasteiger partial charge >= 0.3 is 6.09 Å². The number of nitro benzene ring substituents is 1. The molecule has 1 fully saturated rings. The van der Waals surface area contributed by atoms with Crippen LogP contribution < -0.4 is 14.2 Å². The first-order valence-electron chi connectivity index (χ1n) is 21.7. The summed E-state index contributed by atoms with van der Waals surface area (Å²) in [5, 5.41) is 45.4. The van der Waals surface area contributed by atoms with Gasteiger partial charge < -0.3 is 43.8 Å². The van der Waals surface area contributed by atoms with E-state index in [1.165, 1.54) is 35.2 Å². The van der Waals surface area contributed by atoms with Crippen LogP contribution in [0.1, 0.15) is 68.9 Å². The third-order valence-corrected chi connectivity index (χ3v) is 11.9. The molecule has 63 heavy (non-hydrogen) atoms. The van der Waals surface area contributed by atoms with Crippen molar-refractivity contribution in [2.75, 3.05) is 52.8 Å². The van der Waals surface area contributed by atoms with E-state index in [9.17, 15) is 34.6 Å². The lowest BCUT2D eigenvalue weighted by atomic mass is 9.55. The number of rotatable bonds is 24. The molecule has 3 aliphatic rings. The van der Waals surface area contributed by atoms with Gasteiger partial charge in [-0.25, -0.2) is 9.18 Å². The molecule has 6 unspecified atom stereocenters. The monoisotopic (exact) mass is 875 g/mol. The Hall–Kier alpha value is -5.39. The Kier molecular flexibility index (Phi) is 17.1. The van der Waals surface area contributed by atoms with E-state index >= 15 is 0 Å². The maximum atomic E-state index is 14.7. The van der Waals surface area contributed by atoms with Crippen LogP contribution in [-0.2, 0) is 20.9 Å². The fourth-order valence-electron chi connectivity index (χ4n) is 9.16. The zero-order chi connectivity index (χ0) is 44.8. The number of hydrogen-bond acceptors (Lipinski definition) is 13. The van der Waals surface area contributed by atoms with Crippen LogP contribution in [-0.4, -0.2) is 102 Å². The van der Waals surface area contributed by atoms with Crippen LogP contribution in [0.25, 0.3) is 0 Å². The van der Waals surface area contributed by atoms with Crippen molar-refractivity contribution in [3.8, 4) is 17.2 Å². The Morgan fingerprint density at radius 2 is 1.76 bits per heavy atom. The minimum Gasteiger partial charge on any atom is -0.489 e. The highest BCUT2D eigenvalue weighted by Crippen LogP contribution is 2.62. The second kappa shape index (κ2) is 22.8. The van der Waals surface area contributed by atoms with Crippen LogP contribution in [0.5, 0.6) is 17.2 Å². The van der Waals surface area contributed by atoms with Crippen molar-refractivity contribution >= 4 is 17.5 Å². The summed E-state index contributed by atoms with van der Waals surface area (Å²) in [5.41, 5.74) is 2.43. The summed E-state index contributed by atoms with van der Waals surface area (Å²) in [5.74, 6) is -2.04. The van der Waals surface area contributed by atoms with Crippen molar-refractivity contribution < 1.29 is 57.9 Å². The maximum Gasteiger partial charge on any atom is 0.415 e. The van der Waals surface area contributed by atoms with Gasteiger partial charge in [-0.1, -0.05) is 48.3 Å². The predicted molar refractivity (Wildman–Crippen MR) is 231 cm³/mol. The quantitative estimate of drug-likeness (QED) is 0.0349. The molecule has 3 aromatic rings. The maximum absolute atomic E-state index is 14.7. The molecule has 2 aliphatic carbocycles. The predicted octanol–water partition coefficient (Wildman–Crippen LogP) is 7.48. The molecule has 3 aromatic carbocycles. The minimum absolute atomic E-state index is 0.00526. The van der Waals surface area contributed by atoms with E-state index < -0.39 is 28.8 Å². The lowest BCUT2D eigenvalue weighted by Crippen LogP contribution is -2.70. The number of nitro groups is 1. The lowest BCUT2D eigenvalue weighted by molar-refractivity contribution is -0.384. The highest BCUT2D eigenvalue weighted by Gasteiger charge is 2.65. The Morgan fingerprint density at radius 3 is 2.46 bits per heavy atom. The van der Waals surface area contributed by atoms with Gasteiger partial charge in [0.15, 0.2) is 0 Å². The van der Waals surface area contributed by atoms with Crippen molar-refractivity contribution in [1.82, 2.24) is 4.90 Å². The summed E-state index contributed by atoms with van der Waals surface area (Å²) in [7, 11) is 0. The number of hydrogen-bond donors (Lipinski definition) is 3. The van der Waals surface area contributed by atoms with Gasteiger partial charge in [-0.2, -0.15) is 0 Å². The molecule has 1 saturated carbocycles. The zero-order valence-electron chi connectivity index (χ0n) is 35.6. The minimum atomic E-state index is -1.62. The number of aliphatic hydroxyl groups is 3. The van der Waals surface area contributed by atoms with Gasteiger partial charge in [-0.05, 0) is 86.4 Å². The molecular weight excluding hydrogens is 818 g/mol. The van der Waals surface area contributed by atoms with Gasteiger partial charge in [0, 0.05) is 55.4 Å². The number of amides is 1. The molecule has 1 aliphatic heterocycles. The summed E-state index contributed by atoms with van der Waals surface area (Å²) in [6.07, 6.45) is 7.21. The molecule has 3 N–H and O–H groups in total. The van der Waals surface area contributed by atoms with Gasteiger partial charge in [0.25, 0.3) is 5.69 Å².